The van der Waals surface area contributed by atoms with Crippen molar-refractivity contribution in [2.45, 2.75) is 32.3 Å². The summed E-state index contributed by atoms with van der Waals surface area (Å²) in [4.78, 5) is 0. The van der Waals surface area contributed by atoms with E-state index in [-0.39, 0.29) is 18.2 Å². The first-order chi connectivity index (χ1) is 11.6. The van der Waals surface area contributed by atoms with E-state index in [9.17, 15) is 4.39 Å². The Kier molecular flexibility index (Phi) is 5.00. The highest BCUT2D eigenvalue weighted by Gasteiger charge is 2.27. The maximum absolute atomic E-state index is 14.0. The lowest BCUT2D eigenvalue weighted by Crippen LogP contribution is -2.14. The zero-order valence-corrected chi connectivity index (χ0v) is 14.6. The molecule has 0 radical (unpaired) electrons. The highest BCUT2D eigenvalue weighted by molar-refractivity contribution is 7.80. The van der Waals surface area contributed by atoms with Crippen LogP contribution in [-0.4, -0.2) is 12.3 Å². The zero-order valence-electron chi connectivity index (χ0n) is 13.8. The van der Waals surface area contributed by atoms with E-state index in [0.717, 1.165) is 16.8 Å². The lowest BCUT2D eigenvalue weighted by Gasteiger charge is -2.17. The van der Waals surface area contributed by atoms with Gasteiger partial charge < -0.3 is 14.8 Å². The van der Waals surface area contributed by atoms with Gasteiger partial charge in [0, 0.05) is 11.3 Å². The van der Waals surface area contributed by atoms with Gasteiger partial charge in [0.05, 0.1) is 7.11 Å². The Morgan fingerprint density at radius 3 is 2.75 bits per heavy atom. The molecule has 3 rings (SSSR count). The number of nitrogens with one attached hydrogen (secondary N) is 1. The number of rotatable bonds is 5. The molecule has 24 heavy (non-hydrogen) atoms. The number of thiocarbonyl (C=S) groups is 1. The summed E-state index contributed by atoms with van der Waals surface area (Å²) in [5, 5.41) is 3.38. The van der Waals surface area contributed by atoms with E-state index in [2.05, 4.69) is 11.4 Å². The molecule has 1 fully saturated rings. The number of halogens is 1. The van der Waals surface area contributed by atoms with E-state index >= 15 is 0 Å². The standard InChI is InChI=1S/C19H20FNO2S/c1-12-6-9-18(16(20)10-12)23-11-15-14(13-7-8-13)4-3-5-17(15)21-19(24)22-2/h3-6,9-10,13H,7-8,11H2,1-2H3,(H,21,24). The van der Waals surface area contributed by atoms with Crippen molar-refractivity contribution in [3.63, 3.8) is 0 Å². The number of aryl methyl sites for hydroxylation is 1. The van der Waals surface area contributed by atoms with Crippen molar-refractivity contribution in [2.75, 3.05) is 12.4 Å². The van der Waals surface area contributed by atoms with Crippen LogP contribution in [0.4, 0.5) is 10.1 Å². The minimum atomic E-state index is -0.346. The predicted octanol–water partition coefficient (Wildman–Crippen LogP) is 4.93. The summed E-state index contributed by atoms with van der Waals surface area (Å²) in [6.45, 7) is 2.13. The van der Waals surface area contributed by atoms with Crippen molar-refractivity contribution in [3.05, 3.63) is 58.9 Å². The molecule has 2 aromatic rings. The third-order valence-corrected chi connectivity index (χ3v) is 4.38. The van der Waals surface area contributed by atoms with Crippen LogP contribution < -0.4 is 10.1 Å². The van der Waals surface area contributed by atoms with Crippen molar-refractivity contribution in [1.82, 2.24) is 0 Å². The van der Waals surface area contributed by atoms with Crippen LogP contribution in [0.15, 0.2) is 36.4 Å². The Bertz CT molecular complexity index is 759. The van der Waals surface area contributed by atoms with Crippen molar-refractivity contribution in [1.29, 1.82) is 0 Å². The summed E-state index contributed by atoms with van der Waals surface area (Å²) in [5.41, 5.74) is 3.94. The summed E-state index contributed by atoms with van der Waals surface area (Å²) in [7, 11) is 1.53. The molecule has 0 spiro atoms. The van der Waals surface area contributed by atoms with Gasteiger partial charge in [0.15, 0.2) is 11.6 Å². The molecule has 126 valence electrons. The molecule has 1 N–H and O–H groups in total. The van der Waals surface area contributed by atoms with Gasteiger partial charge in [-0.25, -0.2) is 4.39 Å². The first-order valence-electron chi connectivity index (χ1n) is 7.94. The van der Waals surface area contributed by atoms with Crippen LogP contribution >= 0.6 is 12.2 Å². The van der Waals surface area contributed by atoms with Crippen LogP contribution in [0.2, 0.25) is 0 Å². The molecule has 5 heteroatoms. The Labute approximate surface area is 146 Å². The largest absolute Gasteiger partial charge is 0.486 e. The molecule has 0 heterocycles. The topological polar surface area (TPSA) is 30.5 Å². The number of methoxy groups -OCH3 is 1. The number of hydrogen-bond acceptors (Lipinski definition) is 3. The monoisotopic (exact) mass is 345 g/mol. The van der Waals surface area contributed by atoms with Gasteiger partial charge in [0.1, 0.15) is 6.61 Å². The van der Waals surface area contributed by atoms with Crippen molar-refractivity contribution >= 4 is 23.1 Å². The number of ether oxygens (including phenoxy) is 2. The molecule has 1 saturated carbocycles. The van der Waals surface area contributed by atoms with E-state index in [1.807, 2.05) is 25.1 Å². The van der Waals surface area contributed by atoms with Crippen molar-refractivity contribution < 1.29 is 13.9 Å². The normalized spacial score (nSPS) is 13.5. The SMILES string of the molecule is COC(=S)Nc1cccc(C2CC2)c1COc1ccc(C)cc1F. The minimum absolute atomic E-state index is 0.256. The second kappa shape index (κ2) is 7.18. The molecule has 1 aliphatic rings. The molecule has 0 aromatic heterocycles. The van der Waals surface area contributed by atoms with Gasteiger partial charge in [-0.1, -0.05) is 18.2 Å². The van der Waals surface area contributed by atoms with Gasteiger partial charge >= 0.3 is 0 Å². The molecule has 0 amide bonds. The van der Waals surface area contributed by atoms with Gasteiger partial charge in [0.2, 0.25) is 0 Å². The van der Waals surface area contributed by atoms with E-state index < -0.39 is 0 Å². The molecular formula is C19H20FNO2S. The van der Waals surface area contributed by atoms with E-state index in [0.29, 0.717) is 11.1 Å². The summed E-state index contributed by atoms with van der Waals surface area (Å²) >= 11 is 5.10. The second-order valence-electron chi connectivity index (χ2n) is 5.99. The smallest absolute Gasteiger partial charge is 0.260 e. The van der Waals surface area contributed by atoms with Crippen molar-refractivity contribution in [2.24, 2.45) is 0 Å². The van der Waals surface area contributed by atoms with Gasteiger partial charge in [-0.3, -0.25) is 0 Å². The van der Waals surface area contributed by atoms with Crippen LogP contribution in [0.5, 0.6) is 5.75 Å². The second-order valence-corrected chi connectivity index (χ2v) is 6.36. The first-order valence-corrected chi connectivity index (χ1v) is 8.35. The quantitative estimate of drug-likeness (QED) is 0.778. The summed E-state index contributed by atoms with van der Waals surface area (Å²) < 4.78 is 24.8. The highest BCUT2D eigenvalue weighted by Crippen LogP contribution is 2.43. The number of benzene rings is 2. The zero-order chi connectivity index (χ0) is 17.1. The Morgan fingerprint density at radius 2 is 2.08 bits per heavy atom. The fraction of sp³-hybridized carbons (Fsp3) is 0.316. The first kappa shape index (κ1) is 16.7. The molecule has 1 aliphatic carbocycles. The summed E-state index contributed by atoms with van der Waals surface area (Å²) in [6, 6.07) is 11.0. The highest BCUT2D eigenvalue weighted by atomic mass is 32.1. The lowest BCUT2D eigenvalue weighted by molar-refractivity contribution is 0.289. The Balaban J connectivity index is 1.85. The molecular weight excluding hydrogens is 325 g/mol. The van der Waals surface area contributed by atoms with E-state index in [4.69, 9.17) is 21.7 Å². The van der Waals surface area contributed by atoms with Crippen LogP contribution in [0.25, 0.3) is 0 Å². The van der Waals surface area contributed by atoms with E-state index in [1.54, 1.807) is 6.07 Å². The van der Waals surface area contributed by atoms with Crippen LogP contribution in [-0.2, 0) is 11.3 Å². The third-order valence-electron chi connectivity index (χ3n) is 4.11. The van der Waals surface area contributed by atoms with Crippen LogP contribution in [0, 0.1) is 12.7 Å². The fourth-order valence-corrected chi connectivity index (χ4v) is 2.80. The lowest BCUT2D eigenvalue weighted by atomic mass is 10.0. The molecule has 0 bridgehead atoms. The average molecular weight is 345 g/mol. The average Bonchev–Trinajstić information content (AvgIpc) is 3.39. The van der Waals surface area contributed by atoms with Gasteiger partial charge in [-0.05, 0) is 67.2 Å². The Hall–Kier alpha value is -2.14. The van der Waals surface area contributed by atoms with Gasteiger partial charge in [-0.15, -0.1) is 0 Å². The Morgan fingerprint density at radius 1 is 1.29 bits per heavy atom. The molecule has 3 nitrogen and oxygen atoms in total. The predicted molar refractivity (Wildman–Crippen MR) is 97.1 cm³/mol. The molecule has 2 aromatic carbocycles. The summed E-state index contributed by atoms with van der Waals surface area (Å²) in [5.74, 6) is 0.455. The van der Waals surface area contributed by atoms with Crippen LogP contribution in [0.1, 0.15) is 35.4 Å². The van der Waals surface area contributed by atoms with Crippen LogP contribution in [0.3, 0.4) is 0 Å². The van der Waals surface area contributed by atoms with Gasteiger partial charge in [0.25, 0.3) is 5.17 Å². The van der Waals surface area contributed by atoms with Crippen molar-refractivity contribution in [3.8, 4) is 5.75 Å². The third kappa shape index (κ3) is 3.85. The number of hydrogen-bond donors (Lipinski definition) is 1. The fourth-order valence-electron chi connectivity index (χ4n) is 2.69. The molecule has 0 unspecified atom stereocenters. The molecule has 0 saturated heterocycles. The maximum atomic E-state index is 14.0. The number of anilines is 1. The molecule has 0 aliphatic heterocycles. The minimum Gasteiger partial charge on any atom is -0.486 e. The summed E-state index contributed by atoms with van der Waals surface area (Å²) in [6.07, 6.45) is 2.34. The van der Waals surface area contributed by atoms with Gasteiger partial charge in [-0.2, -0.15) is 0 Å². The van der Waals surface area contributed by atoms with E-state index in [1.165, 1.54) is 31.6 Å². The maximum Gasteiger partial charge on any atom is 0.260 e. The molecule has 0 atom stereocenters.